The number of carbonyl (C=O) groups is 1. The van der Waals surface area contributed by atoms with Crippen molar-refractivity contribution in [3.8, 4) is 5.75 Å². The fourth-order valence-electron chi connectivity index (χ4n) is 4.94. The molecule has 2 fully saturated rings. The Kier molecular flexibility index (Phi) is 7.37. The van der Waals surface area contributed by atoms with Crippen LogP contribution in [0.2, 0.25) is 0 Å². The van der Waals surface area contributed by atoms with Crippen LogP contribution in [-0.4, -0.2) is 18.7 Å². The van der Waals surface area contributed by atoms with Gasteiger partial charge in [-0.1, -0.05) is 18.2 Å². The molecule has 1 aromatic carbocycles. The van der Waals surface area contributed by atoms with Crippen molar-refractivity contribution in [2.24, 2.45) is 11.8 Å². The molecule has 1 aromatic rings. The van der Waals surface area contributed by atoms with E-state index in [1.54, 1.807) is 6.08 Å². The molecule has 0 amide bonds. The Balaban J connectivity index is 1.42. The second-order valence-electron chi connectivity index (χ2n) is 8.09. The Morgan fingerprint density at radius 2 is 1.56 bits per heavy atom. The van der Waals surface area contributed by atoms with Crippen molar-refractivity contribution in [1.29, 1.82) is 0 Å². The molecule has 3 nitrogen and oxygen atoms in total. The Morgan fingerprint density at radius 3 is 2.11 bits per heavy atom. The highest BCUT2D eigenvalue weighted by molar-refractivity contribution is 5.81. The lowest BCUT2D eigenvalue weighted by Crippen LogP contribution is -2.29. The molecular weight excluding hydrogens is 336 g/mol. The predicted molar refractivity (Wildman–Crippen MR) is 109 cm³/mol. The van der Waals surface area contributed by atoms with Gasteiger partial charge in [0.1, 0.15) is 11.9 Å². The van der Waals surface area contributed by atoms with Gasteiger partial charge in [0.25, 0.3) is 0 Å². The molecule has 3 rings (SSSR count). The van der Waals surface area contributed by atoms with Crippen LogP contribution in [0.25, 0.3) is 0 Å². The lowest BCUT2D eigenvalue weighted by Gasteiger charge is -2.37. The first kappa shape index (κ1) is 20.0. The summed E-state index contributed by atoms with van der Waals surface area (Å²) >= 11 is 0. The van der Waals surface area contributed by atoms with Gasteiger partial charge in [0.15, 0.2) is 0 Å². The normalized spacial score (nSPS) is 28.8. The summed E-state index contributed by atoms with van der Waals surface area (Å²) in [5, 5.41) is 0. The molecule has 2 saturated carbocycles. The Bertz CT molecular complexity index is 603. The lowest BCUT2D eigenvalue weighted by molar-refractivity contribution is -0.145. The van der Waals surface area contributed by atoms with Gasteiger partial charge < -0.3 is 9.47 Å². The van der Waals surface area contributed by atoms with Crippen LogP contribution in [0.4, 0.5) is 0 Å². The van der Waals surface area contributed by atoms with Crippen molar-refractivity contribution >= 4 is 5.97 Å². The van der Waals surface area contributed by atoms with E-state index in [1.807, 2.05) is 13.8 Å². The van der Waals surface area contributed by atoms with E-state index < -0.39 is 0 Å². The van der Waals surface area contributed by atoms with Gasteiger partial charge in [-0.05, 0) is 101 Å². The predicted octanol–water partition coefficient (Wildman–Crippen LogP) is 6.04. The van der Waals surface area contributed by atoms with Gasteiger partial charge in [0.05, 0.1) is 6.61 Å². The fraction of sp³-hybridized carbons (Fsp3) is 0.625. The number of allylic oxidation sites excluding steroid dienone is 1. The molecule has 0 heterocycles. The largest absolute Gasteiger partial charge is 0.494 e. The van der Waals surface area contributed by atoms with E-state index in [-0.39, 0.29) is 12.1 Å². The highest BCUT2D eigenvalue weighted by Crippen LogP contribution is 2.43. The van der Waals surface area contributed by atoms with Crippen LogP contribution in [0.5, 0.6) is 5.75 Å². The first-order chi connectivity index (χ1) is 13.2. The standard InChI is InChI=1S/C24H34O3/c1-3-5-24(25)27-23-16-12-21(13-17-23)19-8-6-18(7-9-19)20-10-14-22(15-11-20)26-4-2/h3,5,10-11,14-15,18-19,21,23H,4,6-9,12-13,16-17H2,1-2H3. The van der Waals surface area contributed by atoms with E-state index in [4.69, 9.17) is 9.47 Å². The average Bonchev–Trinajstić information content (AvgIpc) is 2.70. The molecule has 0 atom stereocenters. The molecule has 2 aliphatic carbocycles. The second-order valence-corrected chi connectivity index (χ2v) is 8.09. The Morgan fingerprint density at radius 1 is 0.963 bits per heavy atom. The summed E-state index contributed by atoms with van der Waals surface area (Å²) < 4.78 is 11.1. The molecule has 0 aliphatic heterocycles. The van der Waals surface area contributed by atoms with Gasteiger partial charge in [0, 0.05) is 6.08 Å². The van der Waals surface area contributed by atoms with Gasteiger partial charge in [-0.3, -0.25) is 0 Å². The second kappa shape index (κ2) is 9.96. The highest BCUT2D eigenvalue weighted by Gasteiger charge is 2.32. The number of esters is 1. The number of benzene rings is 1. The van der Waals surface area contributed by atoms with Crippen LogP contribution < -0.4 is 4.74 Å². The first-order valence-electron chi connectivity index (χ1n) is 10.8. The van der Waals surface area contributed by atoms with Crippen molar-refractivity contribution in [3.63, 3.8) is 0 Å². The first-order valence-corrected chi connectivity index (χ1v) is 10.8. The van der Waals surface area contributed by atoms with Gasteiger partial charge in [-0.15, -0.1) is 0 Å². The van der Waals surface area contributed by atoms with E-state index in [2.05, 4.69) is 24.3 Å². The van der Waals surface area contributed by atoms with E-state index in [0.717, 1.165) is 37.0 Å². The van der Waals surface area contributed by atoms with Gasteiger partial charge in [0.2, 0.25) is 0 Å². The number of hydrogen-bond donors (Lipinski definition) is 0. The molecule has 0 radical (unpaired) electrons. The van der Waals surface area contributed by atoms with Crippen LogP contribution >= 0.6 is 0 Å². The van der Waals surface area contributed by atoms with E-state index in [1.165, 1.54) is 50.2 Å². The minimum atomic E-state index is -0.184. The van der Waals surface area contributed by atoms with E-state index >= 15 is 0 Å². The maximum Gasteiger partial charge on any atom is 0.330 e. The van der Waals surface area contributed by atoms with Crippen LogP contribution in [0.1, 0.15) is 76.7 Å². The van der Waals surface area contributed by atoms with Crippen molar-refractivity contribution in [2.75, 3.05) is 6.61 Å². The number of rotatable bonds is 6. The van der Waals surface area contributed by atoms with Gasteiger partial charge in [-0.2, -0.15) is 0 Å². The van der Waals surface area contributed by atoms with Crippen LogP contribution in [-0.2, 0) is 9.53 Å². The smallest absolute Gasteiger partial charge is 0.330 e. The molecule has 0 unspecified atom stereocenters. The van der Waals surface area contributed by atoms with Crippen LogP contribution in [0.3, 0.4) is 0 Å². The van der Waals surface area contributed by atoms with Crippen molar-refractivity contribution in [1.82, 2.24) is 0 Å². The summed E-state index contributed by atoms with van der Waals surface area (Å²) in [5.74, 6) is 3.17. The molecule has 0 N–H and O–H groups in total. The zero-order valence-electron chi connectivity index (χ0n) is 16.9. The average molecular weight is 371 g/mol. The Hall–Kier alpha value is -1.77. The van der Waals surface area contributed by atoms with Crippen molar-refractivity contribution < 1.29 is 14.3 Å². The minimum Gasteiger partial charge on any atom is -0.494 e. The third kappa shape index (κ3) is 5.60. The monoisotopic (exact) mass is 370 g/mol. The molecule has 0 saturated heterocycles. The summed E-state index contributed by atoms with van der Waals surface area (Å²) in [6, 6.07) is 8.73. The summed E-state index contributed by atoms with van der Waals surface area (Å²) in [6.45, 7) is 4.60. The maximum absolute atomic E-state index is 11.6. The number of hydrogen-bond acceptors (Lipinski definition) is 3. The summed E-state index contributed by atoms with van der Waals surface area (Å²) in [7, 11) is 0. The van der Waals surface area contributed by atoms with Crippen LogP contribution in [0.15, 0.2) is 36.4 Å². The lowest BCUT2D eigenvalue weighted by atomic mass is 9.69. The topological polar surface area (TPSA) is 35.5 Å². The summed E-state index contributed by atoms with van der Waals surface area (Å²) in [5.41, 5.74) is 1.47. The Labute approximate surface area is 164 Å². The molecule has 0 spiro atoms. The van der Waals surface area contributed by atoms with E-state index in [9.17, 15) is 4.79 Å². The summed E-state index contributed by atoms with van der Waals surface area (Å²) in [6.07, 6.45) is 13.2. The molecule has 0 aromatic heterocycles. The molecule has 148 valence electrons. The zero-order valence-corrected chi connectivity index (χ0v) is 16.9. The maximum atomic E-state index is 11.6. The molecular formula is C24H34O3. The fourth-order valence-corrected chi connectivity index (χ4v) is 4.94. The highest BCUT2D eigenvalue weighted by atomic mass is 16.5. The van der Waals surface area contributed by atoms with E-state index in [0.29, 0.717) is 5.92 Å². The minimum absolute atomic E-state index is 0.130. The number of ether oxygens (including phenoxy) is 2. The summed E-state index contributed by atoms with van der Waals surface area (Å²) in [4.78, 5) is 11.6. The van der Waals surface area contributed by atoms with Crippen molar-refractivity contribution in [2.45, 2.75) is 77.2 Å². The quantitative estimate of drug-likeness (QED) is 0.452. The molecule has 27 heavy (non-hydrogen) atoms. The molecule has 2 aliphatic rings. The van der Waals surface area contributed by atoms with Gasteiger partial charge >= 0.3 is 5.97 Å². The number of carbonyl (C=O) groups excluding carboxylic acids is 1. The van der Waals surface area contributed by atoms with Gasteiger partial charge in [-0.25, -0.2) is 4.79 Å². The van der Waals surface area contributed by atoms with Crippen LogP contribution in [0, 0.1) is 11.8 Å². The zero-order chi connectivity index (χ0) is 19.1. The third-order valence-electron chi connectivity index (χ3n) is 6.41. The molecule has 0 bridgehead atoms. The SMILES string of the molecule is CC=CC(=O)OC1CCC(C2CCC(c3ccc(OCC)cc3)CC2)CC1. The van der Waals surface area contributed by atoms with Crippen molar-refractivity contribution in [3.05, 3.63) is 42.0 Å². The third-order valence-corrected chi connectivity index (χ3v) is 6.41. The molecule has 3 heteroatoms.